The molecule has 0 spiro atoms. The molecule has 0 bridgehead atoms. The number of aromatic nitrogens is 2. The zero-order chi connectivity index (χ0) is 12.6. The summed E-state index contributed by atoms with van der Waals surface area (Å²) in [4.78, 5) is 0. The first-order valence-electron chi connectivity index (χ1n) is 5.27. The van der Waals surface area contributed by atoms with Crippen LogP contribution in [-0.4, -0.2) is 9.78 Å². The molecule has 0 saturated heterocycles. The van der Waals surface area contributed by atoms with E-state index >= 15 is 0 Å². The average Bonchev–Trinajstić information content (AvgIpc) is 2.56. The smallest absolute Gasteiger partial charge is 0.0992 e. The first-order valence-corrected chi connectivity index (χ1v) is 6.06. The van der Waals surface area contributed by atoms with Crippen LogP contribution in [0.3, 0.4) is 0 Å². The molecule has 0 aliphatic rings. The summed E-state index contributed by atoms with van der Waals surface area (Å²) in [7, 11) is 0. The maximum Gasteiger partial charge on any atom is 0.0992 e. The van der Waals surface area contributed by atoms with E-state index in [4.69, 9.17) is 5.26 Å². The quantitative estimate of drug-likeness (QED) is 0.807. The Balaban J connectivity index is 2.65. The zero-order valence-electron chi connectivity index (χ0n) is 9.95. The van der Waals surface area contributed by atoms with Crippen molar-refractivity contribution in [1.29, 1.82) is 5.26 Å². The van der Waals surface area contributed by atoms with Gasteiger partial charge < -0.3 is 0 Å². The molecule has 0 N–H and O–H groups in total. The normalized spacial score (nSPS) is 10.3. The van der Waals surface area contributed by atoms with Gasteiger partial charge >= 0.3 is 0 Å². The summed E-state index contributed by atoms with van der Waals surface area (Å²) in [5.74, 6) is 0. The van der Waals surface area contributed by atoms with Crippen LogP contribution in [0.5, 0.6) is 0 Å². The molecule has 2 aromatic rings. The van der Waals surface area contributed by atoms with Crippen LogP contribution in [0.15, 0.2) is 22.7 Å². The topological polar surface area (TPSA) is 41.6 Å². The van der Waals surface area contributed by atoms with Crippen molar-refractivity contribution in [3.63, 3.8) is 0 Å². The van der Waals surface area contributed by atoms with Crippen molar-refractivity contribution in [2.75, 3.05) is 0 Å². The minimum absolute atomic E-state index is 0.625. The van der Waals surface area contributed by atoms with Gasteiger partial charge in [0, 0.05) is 10.2 Å². The molecule has 0 radical (unpaired) electrons. The standard InChI is InChI=1S/C13H12BrN3/c1-8-9(2)16-17(10(8)3)13-5-11(7-15)4-12(14)6-13/h4-6H,1-3H3. The van der Waals surface area contributed by atoms with Gasteiger partial charge in [0.15, 0.2) is 0 Å². The Hall–Kier alpha value is -1.60. The number of nitriles is 1. The third kappa shape index (κ3) is 2.11. The molecule has 4 heteroatoms. The van der Waals surface area contributed by atoms with Gasteiger partial charge in [-0.15, -0.1) is 0 Å². The number of nitrogens with zero attached hydrogens (tertiary/aromatic N) is 3. The first kappa shape index (κ1) is 11.9. The summed E-state index contributed by atoms with van der Waals surface area (Å²) >= 11 is 3.41. The fraction of sp³-hybridized carbons (Fsp3) is 0.231. The third-order valence-corrected chi connectivity index (χ3v) is 3.37. The lowest BCUT2D eigenvalue weighted by Crippen LogP contribution is -1.99. The molecule has 1 aromatic heterocycles. The monoisotopic (exact) mass is 289 g/mol. The molecule has 0 saturated carbocycles. The lowest BCUT2D eigenvalue weighted by Gasteiger charge is -2.06. The van der Waals surface area contributed by atoms with E-state index in [9.17, 15) is 0 Å². The van der Waals surface area contributed by atoms with Crippen molar-refractivity contribution in [3.8, 4) is 11.8 Å². The lowest BCUT2D eigenvalue weighted by atomic mass is 10.2. The predicted octanol–water partition coefficient (Wildman–Crippen LogP) is 3.43. The molecular formula is C13H12BrN3. The highest BCUT2D eigenvalue weighted by atomic mass is 79.9. The van der Waals surface area contributed by atoms with Gasteiger partial charge in [-0.05, 0) is 44.5 Å². The predicted molar refractivity (Wildman–Crippen MR) is 70.2 cm³/mol. The van der Waals surface area contributed by atoms with Crippen LogP contribution in [-0.2, 0) is 0 Å². The Morgan fingerprint density at radius 1 is 1.24 bits per heavy atom. The highest BCUT2D eigenvalue weighted by Crippen LogP contribution is 2.21. The van der Waals surface area contributed by atoms with Gasteiger partial charge in [0.25, 0.3) is 0 Å². The third-order valence-electron chi connectivity index (χ3n) is 2.91. The van der Waals surface area contributed by atoms with Crippen molar-refractivity contribution in [1.82, 2.24) is 9.78 Å². The second-order valence-electron chi connectivity index (χ2n) is 4.02. The SMILES string of the molecule is Cc1nn(-c2cc(Br)cc(C#N)c2)c(C)c1C. The van der Waals surface area contributed by atoms with Gasteiger partial charge in [-0.3, -0.25) is 0 Å². The molecule has 1 heterocycles. The molecule has 0 unspecified atom stereocenters. The summed E-state index contributed by atoms with van der Waals surface area (Å²) in [5.41, 5.74) is 4.83. The van der Waals surface area contributed by atoms with Crippen molar-refractivity contribution < 1.29 is 0 Å². The zero-order valence-corrected chi connectivity index (χ0v) is 11.5. The van der Waals surface area contributed by atoms with Crippen LogP contribution in [0, 0.1) is 32.1 Å². The van der Waals surface area contributed by atoms with Crippen LogP contribution < -0.4 is 0 Å². The Kier molecular flexibility index (Phi) is 3.03. The minimum Gasteiger partial charge on any atom is -0.237 e. The van der Waals surface area contributed by atoms with Crippen LogP contribution in [0.2, 0.25) is 0 Å². The van der Waals surface area contributed by atoms with E-state index in [1.54, 1.807) is 6.07 Å². The summed E-state index contributed by atoms with van der Waals surface area (Å²) in [5, 5.41) is 13.4. The first-order chi connectivity index (χ1) is 8.02. The van der Waals surface area contributed by atoms with Crippen LogP contribution in [0.4, 0.5) is 0 Å². The number of halogens is 1. The molecule has 0 fully saturated rings. The molecule has 86 valence electrons. The second-order valence-corrected chi connectivity index (χ2v) is 4.93. The molecule has 0 amide bonds. The van der Waals surface area contributed by atoms with E-state index in [0.717, 1.165) is 21.5 Å². The van der Waals surface area contributed by atoms with Crippen molar-refractivity contribution in [3.05, 3.63) is 45.2 Å². The lowest BCUT2D eigenvalue weighted by molar-refractivity contribution is 0.832. The maximum atomic E-state index is 8.96. The van der Waals surface area contributed by atoms with E-state index < -0.39 is 0 Å². The molecular weight excluding hydrogens is 278 g/mol. The Bertz CT molecular complexity index is 620. The molecule has 0 aliphatic carbocycles. The van der Waals surface area contributed by atoms with E-state index in [2.05, 4.69) is 34.0 Å². The Labute approximate surface area is 109 Å². The number of aryl methyl sites for hydroxylation is 1. The fourth-order valence-electron chi connectivity index (χ4n) is 1.73. The Morgan fingerprint density at radius 3 is 2.47 bits per heavy atom. The van der Waals surface area contributed by atoms with Gasteiger partial charge in [-0.25, -0.2) is 4.68 Å². The van der Waals surface area contributed by atoms with Crippen molar-refractivity contribution >= 4 is 15.9 Å². The fourth-order valence-corrected chi connectivity index (χ4v) is 2.21. The molecule has 0 atom stereocenters. The summed E-state index contributed by atoms with van der Waals surface area (Å²) in [6.07, 6.45) is 0. The van der Waals surface area contributed by atoms with E-state index in [1.165, 1.54) is 5.56 Å². The second kappa shape index (κ2) is 4.34. The minimum atomic E-state index is 0.625. The summed E-state index contributed by atoms with van der Waals surface area (Å²) in [6, 6.07) is 7.74. The van der Waals surface area contributed by atoms with Gasteiger partial charge in [-0.1, -0.05) is 15.9 Å². The molecule has 3 nitrogen and oxygen atoms in total. The molecule has 2 rings (SSSR count). The number of hydrogen-bond acceptors (Lipinski definition) is 2. The number of hydrogen-bond donors (Lipinski definition) is 0. The number of benzene rings is 1. The van der Waals surface area contributed by atoms with Gasteiger partial charge in [-0.2, -0.15) is 10.4 Å². The maximum absolute atomic E-state index is 8.96. The van der Waals surface area contributed by atoms with Gasteiger partial charge in [0.2, 0.25) is 0 Å². The average molecular weight is 290 g/mol. The Morgan fingerprint density at radius 2 is 1.94 bits per heavy atom. The van der Waals surface area contributed by atoms with Crippen molar-refractivity contribution in [2.24, 2.45) is 0 Å². The van der Waals surface area contributed by atoms with Crippen LogP contribution >= 0.6 is 15.9 Å². The van der Waals surface area contributed by atoms with E-state index in [1.807, 2.05) is 30.7 Å². The van der Waals surface area contributed by atoms with E-state index in [-0.39, 0.29) is 0 Å². The summed E-state index contributed by atoms with van der Waals surface area (Å²) in [6.45, 7) is 6.07. The molecule has 1 aromatic carbocycles. The van der Waals surface area contributed by atoms with Gasteiger partial charge in [0.1, 0.15) is 0 Å². The van der Waals surface area contributed by atoms with E-state index in [0.29, 0.717) is 5.56 Å². The van der Waals surface area contributed by atoms with Gasteiger partial charge in [0.05, 0.1) is 23.0 Å². The highest BCUT2D eigenvalue weighted by molar-refractivity contribution is 9.10. The molecule has 0 aliphatic heterocycles. The summed E-state index contributed by atoms with van der Waals surface area (Å²) < 4.78 is 2.76. The largest absolute Gasteiger partial charge is 0.237 e. The number of rotatable bonds is 1. The van der Waals surface area contributed by atoms with Crippen LogP contribution in [0.25, 0.3) is 5.69 Å². The van der Waals surface area contributed by atoms with Crippen molar-refractivity contribution in [2.45, 2.75) is 20.8 Å². The molecule has 17 heavy (non-hydrogen) atoms. The van der Waals surface area contributed by atoms with Crippen LogP contribution in [0.1, 0.15) is 22.5 Å². The highest BCUT2D eigenvalue weighted by Gasteiger charge is 2.10.